The summed E-state index contributed by atoms with van der Waals surface area (Å²) in [7, 11) is 2.73. The quantitative estimate of drug-likeness (QED) is 0.343. The van der Waals surface area contributed by atoms with E-state index in [9.17, 15) is 4.79 Å². The van der Waals surface area contributed by atoms with Crippen LogP contribution < -0.4 is 14.9 Å². The Morgan fingerprint density at radius 1 is 1.00 bits per heavy atom. The van der Waals surface area contributed by atoms with E-state index in [2.05, 4.69) is 15.5 Å². The fraction of sp³-hybridized carbons (Fsp3) is 0.150. The molecule has 2 aromatic rings. The van der Waals surface area contributed by atoms with Gasteiger partial charge in [-0.25, -0.2) is 10.2 Å². The molecule has 0 bridgehead atoms. The first-order valence-corrected chi connectivity index (χ1v) is 8.35. The summed E-state index contributed by atoms with van der Waals surface area (Å²) in [6, 6.07) is 14.3. The summed E-state index contributed by atoms with van der Waals surface area (Å²) >= 11 is 0. The van der Waals surface area contributed by atoms with Crippen LogP contribution in [-0.2, 0) is 14.3 Å². The largest absolute Gasteiger partial charge is 0.503 e. The van der Waals surface area contributed by atoms with Gasteiger partial charge in [-0.2, -0.15) is 10.1 Å². The number of carbonyl (C=O) groups is 1. The maximum Gasteiger partial charge on any atom is 0.465 e. The van der Waals surface area contributed by atoms with Gasteiger partial charge >= 0.3 is 12.0 Å². The number of hydrogen-bond donors (Lipinski definition) is 1. The Morgan fingerprint density at radius 3 is 2.43 bits per heavy atom. The molecule has 0 saturated heterocycles. The third-order valence-electron chi connectivity index (χ3n) is 3.66. The predicted molar refractivity (Wildman–Crippen MR) is 104 cm³/mol. The molecule has 8 heteroatoms. The number of hydrazone groups is 1. The molecule has 1 unspecified atom stereocenters. The lowest BCUT2D eigenvalue weighted by Crippen LogP contribution is -2.53. The van der Waals surface area contributed by atoms with E-state index >= 15 is 0 Å². The summed E-state index contributed by atoms with van der Waals surface area (Å²) in [6.45, 7) is 0. The maximum absolute atomic E-state index is 12.2. The van der Waals surface area contributed by atoms with Gasteiger partial charge in [-0.15, -0.1) is 0 Å². The number of carbonyl (C=O) groups excluding carboxylic acids is 1. The Balaban J connectivity index is 1.98. The van der Waals surface area contributed by atoms with Crippen LogP contribution in [0.2, 0.25) is 0 Å². The van der Waals surface area contributed by atoms with E-state index in [1.54, 1.807) is 36.4 Å². The van der Waals surface area contributed by atoms with Crippen LogP contribution in [0.5, 0.6) is 11.5 Å². The van der Waals surface area contributed by atoms with Gasteiger partial charge in [0.25, 0.3) is 0 Å². The zero-order valence-corrected chi connectivity index (χ0v) is 15.4. The molecule has 1 heterocycles. The van der Waals surface area contributed by atoms with Crippen LogP contribution in [0, 0.1) is 0 Å². The summed E-state index contributed by atoms with van der Waals surface area (Å²) in [5.74, 6) is 0.255. The Morgan fingerprint density at radius 2 is 1.75 bits per heavy atom. The predicted octanol–water partition coefficient (Wildman–Crippen LogP) is 2.58. The Hall–Kier alpha value is -3.81. The number of hydrogen-bond acceptors (Lipinski definition) is 8. The fourth-order valence-electron chi connectivity index (χ4n) is 2.46. The first-order valence-electron chi connectivity index (χ1n) is 8.35. The SMILES string of the molecule is CO/C=C(/C(=O)OC)c1ccccc1OC1(Oc2ccccc2)N=CC=NN1. The Kier molecular flexibility index (Phi) is 5.91. The molecule has 0 aromatic heterocycles. The third kappa shape index (κ3) is 4.29. The zero-order chi connectivity index (χ0) is 19.8. The van der Waals surface area contributed by atoms with Crippen LogP contribution in [0.4, 0.5) is 0 Å². The van der Waals surface area contributed by atoms with Crippen LogP contribution in [-0.4, -0.2) is 38.7 Å². The number of nitrogens with one attached hydrogen (secondary N) is 1. The zero-order valence-electron chi connectivity index (χ0n) is 15.4. The number of aliphatic imine (C=N–C) groups is 1. The molecule has 1 atom stereocenters. The number of benzene rings is 2. The normalized spacial score (nSPS) is 18.1. The Labute approximate surface area is 162 Å². The standard InChI is InChI=1S/C20H19N3O5/c1-25-14-17(19(24)26-2)16-10-6-7-11-18(16)28-20(21-12-13-22-23-20)27-15-8-4-3-5-9-15/h3-14,23H,1-2H3/b17-14+. The number of nitrogens with zero attached hydrogens (tertiary/aromatic N) is 2. The highest BCUT2D eigenvalue weighted by Crippen LogP contribution is 2.31. The van der Waals surface area contributed by atoms with E-state index in [1.807, 2.05) is 18.2 Å². The molecule has 0 radical (unpaired) electrons. The van der Waals surface area contributed by atoms with Gasteiger partial charge in [-0.05, 0) is 18.2 Å². The van der Waals surface area contributed by atoms with Crippen LogP contribution in [0.1, 0.15) is 5.56 Å². The van der Waals surface area contributed by atoms with E-state index in [4.69, 9.17) is 18.9 Å². The highest BCUT2D eigenvalue weighted by Gasteiger charge is 2.37. The second kappa shape index (κ2) is 8.72. The van der Waals surface area contributed by atoms with Crippen molar-refractivity contribution in [2.45, 2.75) is 6.03 Å². The number of ether oxygens (including phenoxy) is 4. The number of rotatable bonds is 7. The van der Waals surface area contributed by atoms with Crippen molar-refractivity contribution in [1.29, 1.82) is 0 Å². The lowest BCUT2D eigenvalue weighted by Gasteiger charge is -2.31. The lowest BCUT2D eigenvalue weighted by atomic mass is 10.1. The molecule has 1 aliphatic rings. The summed E-state index contributed by atoms with van der Waals surface area (Å²) < 4.78 is 21.8. The number of para-hydroxylation sites is 2. The molecule has 0 spiro atoms. The first kappa shape index (κ1) is 19.0. The fourth-order valence-corrected chi connectivity index (χ4v) is 2.46. The van der Waals surface area contributed by atoms with Gasteiger partial charge < -0.3 is 18.9 Å². The van der Waals surface area contributed by atoms with E-state index in [1.165, 1.54) is 32.9 Å². The van der Waals surface area contributed by atoms with E-state index in [0.29, 0.717) is 17.1 Å². The second-order valence-corrected chi connectivity index (χ2v) is 5.52. The number of methoxy groups -OCH3 is 2. The van der Waals surface area contributed by atoms with E-state index < -0.39 is 12.0 Å². The molecule has 1 aliphatic heterocycles. The summed E-state index contributed by atoms with van der Waals surface area (Å²) in [6.07, 6.45) is 4.20. The van der Waals surface area contributed by atoms with Gasteiger partial charge in [0.15, 0.2) is 0 Å². The van der Waals surface area contributed by atoms with Gasteiger partial charge in [0.05, 0.1) is 32.9 Å². The van der Waals surface area contributed by atoms with Crippen LogP contribution in [0.3, 0.4) is 0 Å². The van der Waals surface area contributed by atoms with Gasteiger partial charge in [0.1, 0.15) is 17.1 Å². The van der Waals surface area contributed by atoms with Crippen LogP contribution >= 0.6 is 0 Å². The smallest absolute Gasteiger partial charge is 0.465 e. The maximum atomic E-state index is 12.2. The van der Waals surface area contributed by atoms with Crippen molar-refractivity contribution in [3.63, 3.8) is 0 Å². The monoisotopic (exact) mass is 381 g/mol. The van der Waals surface area contributed by atoms with Gasteiger partial charge in [0.2, 0.25) is 0 Å². The van der Waals surface area contributed by atoms with Gasteiger partial charge in [0, 0.05) is 5.56 Å². The summed E-state index contributed by atoms with van der Waals surface area (Å²) in [5.41, 5.74) is 3.35. The summed E-state index contributed by atoms with van der Waals surface area (Å²) in [4.78, 5) is 16.5. The average molecular weight is 381 g/mol. The molecule has 144 valence electrons. The van der Waals surface area contributed by atoms with Crippen molar-refractivity contribution in [2.75, 3.05) is 14.2 Å². The first-order chi connectivity index (χ1) is 13.7. The molecule has 8 nitrogen and oxygen atoms in total. The van der Waals surface area contributed by atoms with Crippen LogP contribution in [0.15, 0.2) is 71.0 Å². The van der Waals surface area contributed by atoms with E-state index in [0.717, 1.165) is 0 Å². The van der Waals surface area contributed by atoms with Crippen molar-refractivity contribution in [1.82, 2.24) is 5.43 Å². The Bertz CT molecular complexity index is 911. The average Bonchev–Trinajstić information content (AvgIpc) is 2.73. The van der Waals surface area contributed by atoms with Gasteiger partial charge in [-0.3, -0.25) is 0 Å². The van der Waals surface area contributed by atoms with Crippen molar-refractivity contribution in [3.8, 4) is 11.5 Å². The van der Waals surface area contributed by atoms with E-state index in [-0.39, 0.29) is 5.57 Å². The molecule has 0 saturated carbocycles. The minimum Gasteiger partial charge on any atom is -0.503 e. The molecule has 0 aliphatic carbocycles. The highest BCUT2D eigenvalue weighted by molar-refractivity contribution is 6.17. The lowest BCUT2D eigenvalue weighted by molar-refractivity contribution is -0.135. The minimum absolute atomic E-state index is 0.179. The molecule has 2 aromatic carbocycles. The van der Waals surface area contributed by atoms with Crippen molar-refractivity contribution in [2.24, 2.45) is 10.1 Å². The molecular formula is C20H19N3O5. The minimum atomic E-state index is -1.65. The molecule has 1 N–H and O–H groups in total. The third-order valence-corrected chi connectivity index (χ3v) is 3.66. The molecule has 0 fully saturated rings. The number of esters is 1. The molecule has 3 rings (SSSR count). The topological polar surface area (TPSA) is 90.7 Å². The second-order valence-electron chi connectivity index (χ2n) is 5.52. The van der Waals surface area contributed by atoms with Crippen molar-refractivity contribution in [3.05, 3.63) is 66.4 Å². The van der Waals surface area contributed by atoms with Gasteiger partial charge in [-0.1, -0.05) is 36.4 Å². The summed E-state index contributed by atoms with van der Waals surface area (Å²) in [5, 5.41) is 3.98. The highest BCUT2D eigenvalue weighted by atomic mass is 16.7. The molecule has 28 heavy (non-hydrogen) atoms. The molecule has 0 amide bonds. The molecular weight excluding hydrogens is 362 g/mol. The van der Waals surface area contributed by atoms with Crippen LogP contribution in [0.25, 0.3) is 5.57 Å². The van der Waals surface area contributed by atoms with Crippen molar-refractivity contribution < 1.29 is 23.7 Å². The van der Waals surface area contributed by atoms with Crippen molar-refractivity contribution >= 4 is 24.0 Å².